The number of hydrogen-bond acceptors (Lipinski definition) is 4. The molecule has 1 amide bonds. The molecule has 0 heterocycles. The van der Waals surface area contributed by atoms with Gasteiger partial charge in [-0.25, -0.2) is 8.42 Å². The van der Waals surface area contributed by atoms with Crippen molar-refractivity contribution in [2.24, 2.45) is 5.73 Å². The van der Waals surface area contributed by atoms with E-state index in [2.05, 4.69) is 12.3 Å². The van der Waals surface area contributed by atoms with Crippen LogP contribution >= 0.6 is 0 Å². The van der Waals surface area contributed by atoms with E-state index in [1.54, 1.807) is 6.92 Å². The van der Waals surface area contributed by atoms with Gasteiger partial charge in [-0.3, -0.25) is 4.79 Å². The zero-order valence-electron chi connectivity index (χ0n) is 7.82. The molecule has 0 aromatic carbocycles. The Bertz CT molecular complexity index is 237. The standard InChI is InChI=1S/C3H5NO.C3H8O3S.Li/c1-2-3(4)5;1-2-3-7(4,5)6;/h2H,1H2,(H2,4,5);2-3H2,1H3,(H,4,5,6);/q;;+1/p-1. The molecule has 0 aromatic rings. The van der Waals surface area contributed by atoms with Crippen LogP contribution in [0.15, 0.2) is 12.7 Å². The first-order chi connectivity index (χ1) is 5.33. The molecular weight excluding hydrogens is 189 g/mol. The molecule has 5 nitrogen and oxygen atoms in total. The van der Waals surface area contributed by atoms with Crippen LogP contribution in [0.1, 0.15) is 13.3 Å². The Kier molecular flexibility index (Phi) is 13.9. The summed E-state index contributed by atoms with van der Waals surface area (Å²) in [7, 11) is -3.92. The second-order valence-electron chi connectivity index (χ2n) is 1.87. The average Bonchev–Trinajstić information content (AvgIpc) is 1.86. The van der Waals surface area contributed by atoms with E-state index in [4.69, 9.17) is 0 Å². The molecule has 0 unspecified atom stereocenters. The van der Waals surface area contributed by atoms with E-state index in [9.17, 15) is 17.8 Å². The number of rotatable bonds is 3. The summed E-state index contributed by atoms with van der Waals surface area (Å²) in [6.07, 6.45) is 1.46. The van der Waals surface area contributed by atoms with Crippen molar-refractivity contribution in [3.63, 3.8) is 0 Å². The Labute approximate surface area is 90.3 Å². The molecule has 13 heavy (non-hydrogen) atoms. The van der Waals surface area contributed by atoms with Crippen molar-refractivity contribution in [3.8, 4) is 0 Å². The normalized spacial score (nSPS) is 8.77. The van der Waals surface area contributed by atoms with Crippen molar-refractivity contribution in [1.82, 2.24) is 0 Å². The number of carbonyl (C=O) groups is 1. The molecule has 0 saturated carbocycles. The van der Waals surface area contributed by atoms with Gasteiger partial charge in [-0.2, -0.15) is 0 Å². The Hall–Kier alpha value is -0.283. The third-order valence-electron chi connectivity index (χ3n) is 0.655. The molecule has 0 aliphatic rings. The fraction of sp³-hybridized carbons (Fsp3) is 0.500. The van der Waals surface area contributed by atoms with Crippen molar-refractivity contribution < 1.29 is 36.6 Å². The topological polar surface area (TPSA) is 100 Å². The van der Waals surface area contributed by atoms with Gasteiger partial charge >= 0.3 is 18.9 Å². The fourth-order valence-corrected chi connectivity index (χ4v) is 0.750. The van der Waals surface area contributed by atoms with Crippen LogP contribution in [0, 0.1) is 0 Å². The second kappa shape index (κ2) is 9.80. The van der Waals surface area contributed by atoms with E-state index in [1.165, 1.54) is 0 Å². The first kappa shape index (κ1) is 18.5. The van der Waals surface area contributed by atoms with Crippen LogP contribution in [-0.2, 0) is 14.9 Å². The molecule has 7 heteroatoms. The number of carbonyl (C=O) groups excluding carboxylic acids is 1. The minimum Gasteiger partial charge on any atom is -0.748 e. The van der Waals surface area contributed by atoms with Crippen molar-refractivity contribution in [1.29, 1.82) is 0 Å². The molecule has 0 fully saturated rings. The van der Waals surface area contributed by atoms with E-state index in [0.717, 1.165) is 6.08 Å². The predicted octanol–water partition coefficient (Wildman–Crippen LogP) is -3.40. The van der Waals surface area contributed by atoms with E-state index in [1.807, 2.05) is 0 Å². The van der Waals surface area contributed by atoms with E-state index in [0.29, 0.717) is 6.42 Å². The molecule has 0 aliphatic heterocycles. The van der Waals surface area contributed by atoms with E-state index < -0.39 is 16.0 Å². The summed E-state index contributed by atoms with van der Waals surface area (Å²) >= 11 is 0. The Balaban J connectivity index is -0.000000150. The summed E-state index contributed by atoms with van der Waals surface area (Å²) in [4.78, 5) is 9.47. The zero-order valence-corrected chi connectivity index (χ0v) is 8.63. The average molecular weight is 201 g/mol. The van der Waals surface area contributed by atoms with Crippen LogP contribution in [0.2, 0.25) is 0 Å². The van der Waals surface area contributed by atoms with Gasteiger partial charge in [-0.1, -0.05) is 13.5 Å². The molecule has 0 spiro atoms. The van der Waals surface area contributed by atoms with Crippen molar-refractivity contribution in [2.75, 3.05) is 5.75 Å². The summed E-state index contributed by atoms with van der Waals surface area (Å²) in [5.41, 5.74) is 4.53. The SMILES string of the molecule is C=CC(N)=O.CCCS(=O)(=O)[O-].[Li+]. The molecular formula is C6H12LiNO4S. The molecule has 0 rings (SSSR count). The molecule has 0 aliphatic carbocycles. The smallest absolute Gasteiger partial charge is 0.748 e. The second-order valence-corrected chi connectivity index (χ2v) is 3.39. The Morgan fingerprint density at radius 2 is 1.92 bits per heavy atom. The van der Waals surface area contributed by atoms with Gasteiger partial charge in [0.05, 0.1) is 10.1 Å². The third-order valence-corrected chi connectivity index (χ3v) is 1.56. The number of primary amides is 1. The first-order valence-electron chi connectivity index (χ1n) is 3.19. The van der Waals surface area contributed by atoms with Gasteiger partial charge in [0, 0.05) is 5.75 Å². The summed E-state index contributed by atoms with van der Waals surface area (Å²) in [6.45, 7) is 4.73. The fourth-order valence-electron chi connectivity index (χ4n) is 0.250. The quantitative estimate of drug-likeness (QED) is 0.292. The summed E-state index contributed by atoms with van der Waals surface area (Å²) in [5.74, 6) is -0.725. The molecule has 72 valence electrons. The number of amides is 1. The minimum absolute atomic E-state index is 0. The van der Waals surface area contributed by atoms with E-state index >= 15 is 0 Å². The van der Waals surface area contributed by atoms with Crippen molar-refractivity contribution in [3.05, 3.63) is 12.7 Å². The maximum absolute atomic E-state index is 9.68. The van der Waals surface area contributed by atoms with Crippen LogP contribution in [0.5, 0.6) is 0 Å². The van der Waals surface area contributed by atoms with Gasteiger partial charge in [-0.15, -0.1) is 0 Å². The minimum atomic E-state index is -3.92. The first-order valence-corrected chi connectivity index (χ1v) is 4.76. The van der Waals surface area contributed by atoms with Gasteiger partial charge in [0.1, 0.15) is 0 Å². The molecule has 0 radical (unpaired) electrons. The Morgan fingerprint density at radius 3 is 1.92 bits per heavy atom. The van der Waals surface area contributed by atoms with Gasteiger partial charge in [0.25, 0.3) is 0 Å². The summed E-state index contributed by atoms with van der Waals surface area (Å²) < 4.78 is 29.0. The molecule has 0 saturated heterocycles. The van der Waals surface area contributed by atoms with Gasteiger partial charge < -0.3 is 10.3 Å². The Morgan fingerprint density at radius 1 is 1.62 bits per heavy atom. The van der Waals surface area contributed by atoms with Crippen LogP contribution in [0.3, 0.4) is 0 Å². The van der Waals surface area contributed by atoms with Crippen molar-refractivity contribution in [2.45, 2.75) is 13.3 Å². The number of hydrogen-bond donors (Lipinski definition) is 1. The van der Waals surface area contributed by atoms with Crippen LogP contribution in [0.4, 0.5) is 0 Å². The number of nitrogens with two attached hydrogens (primary N) is 1. The molecule has 0 bridgehead atoms. The predicted molar refractivity (Wildman–Crippen MR) is 44.2 cm³/mol. The maximum atomic E-state index is 9.68. The van der Waals surface area contributed by atoms with Gasteiger partial charge in [-0.05, 0) is 12.5 Å². The molecule has 2 N–H and O–H groups in total. The van der Waals surface area contributed by atoms with Gasteiger partial charge in [0.2, 0.25) is 5.91 Å². The maximum Gasteiger partial charge on any atom is 1.00 e. The summed E-state index contributed by atoms with van der Waals surface area (Å²) in [6, 6.07) is 0. The van der Waals surface area contributed by atoms with Crippen LogP contribution in [-0.4, -0.2) is 24.6 Å². The molecule has 0 atom stereocenters. The summed E-state index contributed by atoms with van der Waals surface area (Å²) in [5, 5.41) is 0. The molecule has 0 aromatic heterocycles. The van der Waals surface area contributed by atoms with Crippen LogP contribution < -0.4 is 24.6 Å². The third kappa shape index (κ3) is 33.8. The van der Waals surface area contributed by atoms with Crippen LogP contribution in [0.25, 0.3) is 0 Å². The van der Waals surface area contributed by atoms with Crippen molar-refractivity contribution >= 4 is 16.0 Å². The zero-order chi connectivity index (χ0) is 10.2. The monoisotopic (exact) mass is 201 g/mol. The largest absolute Gasteiger partial charge is 1.00 e. The van der Waals surface area contributed by atoms with E-state index in [-0.39, 0.29) is 24.6 Å². The van der Waals surface area contributed by atoms with Gasteiger partial charge in [0.15, 0.2) is 0 Å².